The largest absolute Gasteiger partial charge is 0.469 e. The van der Waals surface area contributed by atoms with E-state index in [0.717, 1.165) is 18.4 Å². The first-order valence-electron chi connectivity index (χ1n) is 8.20. The van der Waals surface area contributed by atoms with Gasteiger partial charge in [-0.2, -0.15) is 0 Å². The standard InChI is InChI=1S/C18H25BO3/c1-16(2)17(3,4)22-19(21-16)18(12-8-11-15(20)13-18)14-9-6-5-7-10-14/h5-7,9-10H,8,11-13H2,1-4H3/t18-/m1/s1. The van der Waals surface area contributed by atoms with Gasteiger partial charge >= 0.3 is 7.12 Å². The van der Waals surface area contributed by atoms with Crippen molar-refractivity contribution in [3.63, 3.8) is 0 Å². The van der Waals surface area contributed by atoms with Crippen molar-refractivity contribution >= 4 is 12.9 Å². The molecule has 4 heteroatoms. The Hall–Kier alpha value is -1.13. The predicted octanol–water partition coefficient (Wildman–Crippen LogP) is 3.70. The quantitative estimate of drug-likeness (QED) is 0.781. The monoisotopic (exact) mass is 300 g/mol. The highest BCUT2D eigenvalue weighted by Gasteiger charge is 2.60. The molecule has 0 N–H and O–H groups in total. The number of carbonyl (C=O) groups is 1. The zero-order valence-electron chi connectivity index (χ0n) is 14.0. The summed E-state index contributed by atoms with van der Waals surface area (Å²) in [6.07, 6.45) is 3.01. The highest BCUT2D eigenvalue weighted by atomic mass is 16.7. The van der Waals surface area contributed by atoms with Crippen LogP contribution in [0.15, 0.2) is 30.3 Å². The molecule has 1 saturated heterocycles. The Kier molecular flexibility index (Phi) is 3.73. The Balaban J connectivity index is 2.03. The number of benzene rings is 1. The van der Waals surface area contributed by atoms with Crippen molar-refractivity contribution in [3.05, 3.63) is 35.9 Å². The Bertz CT molecular complexity index is 551. The SMILES string of the molecule is CC1(C)OB([C@]2(c3ccccc3)CCCC(=O)C2)OC1(C)C. The van der Waals surface area contributed by atoms with E-state index in [2.05, 4.69) is 39.8 Å². The van der Waals surface area contributed by atoms with Crippen LogP contribution >= 0.6 is 0 Å². The van der Waals surface area contributed by atoms with Gasteiger partial charge in [-0.15, -0.1) is 0 Å². The number of hydrogen-bond acceptors (Lipinski definition) is 3. The van der Waals surface area contributed by atoms with Crippen LogP contribution in [-0.4, -0.2) is 24.1 Å². The van der Waals surface area contributed by atoms with Gasteiger partial charge < -0.3 is 9.31 Å². The van der Waals surface area contributed by atoms with E-state index in [4.69, 9.17) is 9.31 Å². The van der Waals surface area contributed by atoms with Gasteiger partial charge in [-0.1, -0.05) is 30.3 Å². The molecule has 1 aromatic carbocycles. The van der Waals surface area contributed by atoms with E-state index in [1.165, 1.54) is 0 Å². The van der Waals surface area contributed by atoms with Gasteiger partial charge in [0.2, 0.25) is 0 Å². The average molecular weight is 300 g/mol. The lowest BCUT2D eigenvalue weighted by molar-refractivity contribution is -0.121. The maximum absolute atomic E-state index is 12.2. The first kappa shape index (κ1) is 15.8. The smallest absolute Gasteiger partial charge is 0.403 e. The second kappa shape index (κ2) is 5.21. The first-order valence-corrected chi connectivity index (χ1v) is 8.20. The second-order valence-electron chi connectivity index (χ2n) is 7.68. The fraction of sp³-hybridized carbons (Fsp3) is 0.611. The predicted molar refractivity (Wildman–Crippen MR) is 87.7 cm³/mol. The third-order valence-electron chi connectivity index (χ3n) is 5.64. The molecule has 0 unspecified atom stereocenters. The normalized spacial score (nSPS) is 30.5. The molecule has 0 spiro atoms. The van der Waals surface area contributed by atoms with E-state index in [-0.39, 0.29) is 23.6 Å². The van der Waals surface area contributed by atoms with E-state index in [1.807, 2.05) is 18.2 Å². The number of carbonyl (C=O) groups excluding carboxylic acids is 1. The molecule has 0 aromatic heterocycles. The van der Waals surface area contributed by atoms with Crippen LogP contribution in [0.3, 0.4) is 0 Å². The Morgan fingerprint density at radius 3 is 2.14 bits per heavy atom. The van der Waals surface area contributed by atoms with Crippen LogP contribution in [0.25, 0.3) is 0 Å². The molecule has 0 bridgehead atoms. The fourth-order valence-electron chi connectivity index (χ4n) is 3.55. The van der Waals surface area contributed by atoms with Gasteiger partial charge in [0.1, 0.15) is 5.78 Å². The average Bonchev–Trinajstić information content (AvgIpc) is 2.69. The molecule has 1 atom stereocenters. The van der Waals surface area contributed by atoms with Crippen LogP contribution in [0.5, 0.6) is 0 Å². The van der Waals surface area contributed by atoms with Crippen molar-refractivity contribution in [1.82, 2.24) is 0 Å². The van der Waals surface area contributed by atoms with E-state index in [1.54, 1.807) is 0 Å². The molecule has 1 aliphatic heterocycles. The Morgan fingerprint density at radius 1 is 1.00 bits per heavy atom. The molecule has 3 nitrogen and oxygen atoms in total. The van der Waals surface area contributed by atoms with Gasteiger partial charge in [0, 0.05) is 18.2 Å². The van der Waals surface area contributed by atoms with Crippen LogP contribution in [0.4, 0.5) is 0 Å². The molecule has 1 saturated carbocycles. The van der Waals surface area contributed by atoms with Gasteiger partial charge in [-0.3, -0.25) is 4.79 Å². The van der Waals surface area contributed by atoms with Crippen molar-refractivity contribution < 1.29 is 14.1 Å². The van der Waals surface area contributed by atoms with Crippen LogP contribution in [0.2, 0.25) is 0 Å². The summed E-state index contributed by atoms with van der Waals surface area (Å²) in [7, 11) is -0.371. The topological polar surface area (TPSA) is 35.5 Å². The van der Waals surface area contributed by atoms with Crippen molar-refractivity contribution in [1.29, 1.82) is 0 Å². The maximum atomic E-state index is 12.2. The molecular weight excluding hydrogens is 275 g/mol. The van der Waals surface area contributed by atoms with Crippen molar-refractivity contribution in [2.75, 3.05) is 0 Å². The summed E-state index contributed by atoms with van der Waals surface area (Å²) in [6.45, 7) is 8.26. The zero-order valence-corrected chi connectivity index (χ0v) is 14.0. The third kappa shape index (κ3) is 2.42. The van der Waals surface area contributed by atoms with Gasteiger partial charge in [0.15, 0.2) is 0 Å². The molecule has 1 aliphatic carbocycles. The van der Waals surface area contributed by atoms with E-state index >= 15 is 0 Å². The minimum Gasteiger partial charge on any atom is -0.403 e. The summed E-state index contributed by atoms with van der Waals surface area (Å²) in [4.78, 5) is 12.2. The summed E-state index contributed by atoms with van der Waals surface area (Å²) >= 11 is 0. The van der Waals surface area contributed by atoms with Crippen LogP contribution < -0.4 is 0 Å². The van der Waals surface area contributed by atoms with Crippen molar-refractivity contribution in [2.24, 2.45) is 0 Å². The lowest BCUT2D eigenvalue weighted by Crippen LogP contribution is -2.49. The molecule has 1 aromatic rings. The molecule has 0 radical (unpaired) electrons. The lowest BCUT2D eigenvalue weighted by Gasteiger charge is -2.38. The van der Waals surface area contributed by atoms with E-state index in [0.29, 0.717) is 18.6 Å². The first-order chi connectivity index (χ1) is 10.3. The molecule has 0 amide bonds. The van der Waals surface area contributed by atoms with Gasteiger partial charge in [0.25, 0.3) is 0 Å². The van der Waals surface area contributed by atoms with Crippen molar-refractivity contribution in [2.45, 2.75) is 69.9 Å². The van der Waals surface area contributed by atoms with Crippen LogP contribution in [0, 0.1) is 0 Å². The van der Waals surface area contributed by atoms with Crippen LogP contribution in [-0.2, 0) is 19.4 Å². The van der Waals surface area contributed by atoms with E-state index < -0.39 is 0 Å². The Labute approximate surface area is 133 Å². The van der Waals surface area contributed by atoms with Gasteiger partial charge in [0.05, 0.1) is 11.2 Å². The highest BCUT2D eigenvalue weighted by Crippen LogP contribution is 2.48. The molecule has 2 fully saturated rings. The van der Waals surface area contributed by atoms with E-state index in [9.17, 15) is 4.79 Å². The summed E-state index contributed by atoms with van der Waals surface area (Å²) in [6, 6.07) is 10.3. The number of ketones is 1. The number of hydrogen-bond donors (Lipinski definition) is 0. The number of Topliss-reactive ketones (excluding diaryl/α,β-unsaturated/α-hetero) is 1. The zero-order chi connectivity index (χ0) is 16.0. The molecule has 2 aliphatic rings. The molecule has 118 valence electrons. The molecule has 3 rings (SSSR count). The summed E-state index contributed by atoms with van der Waals surface area (Å²) in [5.74, 6) is 0.310. The third-order valence-corrected chi connectivity index (χ3v) is 5.64. The summed E-state index contributed by atoms with van der Waals surface area (Å²) < 4.78 is 12.7. The van der Waals surface area contributed by atoms with Crippen LogP contribution in [0.1, 0.15) is 58.9 Å². The minimum absolute atomic E-state index is 0.310. The van der Waals surface area contributed by atoms with Gasteiger partial charge in [-0.25, -0.2) is 0 Å². The highest BCUT2D eigenvalue weighted by molar-refractivity contribution is 6.50. The van der Waals surface area contributed by atoms with Crippen molar-refractivity contribution in [3.8, 4) is 0 Å². The van der Waals surface area contributed by atoms with Gasteiger partial charge in [-0.05, 0) is 46.1 Å². The number of rotatable bonds is 2. The summed E-state index contributed by atoms with van der Waals surface area (Å²) in [5, 5.41) is -0.359. The lowest BCUT2D eigenvalue weighted by atomic mass is 9.48. The second-order valence-corrected chi connectivity index (χ2v) is 7.68. The fourth-order valence-corrected chi connectivity index (χ4v) is 3.55. The Morgan fingerprint density at radius 2 is 1.59 bits per heavy atom. The molecular formula is C18H25BO3. The molecule has 1 heterocycles. The minimum atomic E-state index is -0.375. The maximum Gasteiger partial charge on any atom is 0.469 e. The summed E-state index contributed by atoms with van der Waals surface area (Å²) in [5.41, 5.74) is 0.404. The molecule has 22 heavy (non-hydrogen) atoms.